The largest absolute Gasteiger partial charge is 0.478 e. The fourth-order valence-corrected chi connectivity index (χ4v) is 3.63. The Kier molecular flexibility index (Phi) is 7.00. The standard InChI is InChI=1S/C24H24N4O6/c1-15-25-20-21(23(34-14-32-3)27-26-22(20)33-13-31-2)28(15)12-16-8-10-17(11-9-16)18-6-4-5-7-19(18)24(29)30/h4-11H,12-14H2,1-3H3,(H,29,30). The van der Waals surface area contributed by atoms with Crippen LogP contribution in [0.5, 0.6) is 11.8 Å². The molecule has 0 radical (unpaired) electrons. The summed E-state index contributed by atoms with van der Waals surface area (Å²) in [5.74, 6) is 0.268. The summed E-state index contributed by atoms with van der Waals surface area (Å²) in [7, 11) is 3.04. The zero-order valence-corrected chi connectivity index (χ0v) is 19.0. The van der Waals surface area contributed by atoms with Gasteiger partial charge in [-0.25, -0.2) is 9.78 Å². The Morgan fingerprint density at radius 2 is 1.59 bits per heavy atom. The van der Waals surface area contributed by atoms with Gasteiger partial charge >= 0.3 is 5.97 Å². The highest BCUT2D eigenvalue weighted by Crippen LogP contribution is 2.31. The molecule has 1 N–H and O–H groups in total. The van der Waals surface area contributed by atoms with Crippen LogP contribution in [-0.4, -0.2) is 58.6 Å². The highest BCUT2D eigenvalue weighted by atomic mass is 16.7. The number of rotatable bonds is 10. The zero-order valence-electron chi connectivity index (χ0n) is 19.0. The number of imidazole rings is 1. The first-order valence-corrected chi connectivity index (χ1v) is 10.4. The van der Waals surface area contributed by atoms with Crippen LogP contribution in [0.3, 0.4) is 0 Å². The summed E-state index contributed by atoms with van der Waals surface area (Å²) in [6.45, 7) is 2.36. The maximum Gasteiger partial charge on any atom is 0.336 e. The summed E-state index contributed by atoms with van der Waals surface area (Å²) in [4.78, 5) is 16.2. The van der Waals surface area contributed by atoms with Gasteiger partial charge in [-0.1, -0.05) is 42.5 Å². The number of nitrogens with zero attached hydrogens (tertiary/aromatic N) is 4. The molecule has 2 aromatic heterocycles. The van der Waals surface area contributed by atoms with Gasteiger partial charge in [-0.2, -0.15) is 0 Å². The van der Waals surface area contributed by atoms with E-state index in [-0.39, 0.29) is 30.9 Å². The van der Waals surface area contributed by atoms with Crippen molar-refractivity contribution in [3.05, 3.63) is 65.5 Å². The minimum absolute atomic E-state index is 0.00393. The van der Waals surface area contributed by atoms with Crippen molar-refractivity contribution in [1.82, 2.24) is 19.7 Å². The molecule has 34 heavy (non-hydrogen) atoms. The fourth-order valence-electron chi connectivity index (χ4n) is 3.63. The van der Waals surface area contributed by atoms with Crippen molar-refractivity contribution < 1.29 is 28.8 Å². The fraction of sp³-hybridized carbons (Fsp3) is 0.250. The van der Waals surface area contributed by atoms with E-state index >= 15 is 0 Å². The first-order valence-electron chi connectivity index (χ1n) is 10.4. The van der Waals surface area contributed by atoms with Crippen LogP contribution in [0.15, 0.2) is 48.5 Å². The highest BCUT2D eigenvalue weighted by molar-refractivity contribution is 5.96. The third-order valence-corrected chi connectivity index (χ3v) is 5.19. The average molecular weight is 464 g/mol. The third kappa shape index (κ3) is 4.68. The number of carboxylic acids is 1. The second kappa shape index (κ2) is 10.3. The molecule has 0 fully saturated rings. The van der Waals surface area contributed by atoms with E-state index in [9.17, 15) is 9.90 Å². The molecule has 4 rings (SSSR count). The van der Waals surface area contributed by atoms with E-state index in [0.29, 0.717) is 23.1 Å². The molecular formula is C24H24N4O6. The van der Waals surface area contributed by atoms with Crippen molar-refractivity contribution in [3.8, 4) is 22.9 Å². The van der Waals surface area contributed by atoms with Crippen LogP contribution in [0.25, 0.3) is 22.2 Å². The third-order valence-electron chi connectivity index (χ3n) is 5.19. The molecule has 176 valence electrons. The van der Waals surface area contributed by atoms with Gasteiger partial charge in [-0.05, 0) is 29.7 Å². The molecule has 10 nitrogen and oxygen atoms in total. The molecule has 0 saturated carbocycles. The van der Waals surface area contributed by atoms with Gasteiger partial charge in [0.2, 0.25) is 0 Å². The Labute approximate surface area is 195 Å². The summed E-state index contributed by atoms with van der Waals surface area (Å²) in [5, 5.41) is 17.7. The quantitative estimate of drug-likeness (QED) is 0.352. The van der Waals surface area contributed by atoms with Crippen LogP contribution < -0.4 is 9.47 Å². The van der Waals surface area contributed by atoms with E-state index in [1.165, 1.54) is 14.2 Å². The van der Waals surface area contributed by atoms with Gasteiger partial charge in [0, 0.05) is 20.8 Å². The number of aryl methyl sites for hydroxylation is 1. The van der Waals surface area contributed by atoms with Crippen molar-refractivity contribution in [3.63, 3.8) is 0 Å². The van der Waals surface area contributed by atoms with Crippen molar-refractivity contribution in [2.75, 3.05) is 27.8 Å². The first-order chi connectivity index (χ1) is 16.5. The van der Waals surface area contributed by atoms with Crippen LogP contribution in [0, 0.1) is 6.92 Å². The highest BCUT2D eigenvalue weighted by Gasteiger charge is 2.20. The molecule has 0 aliphatic heterocycles. The Balaban J connectivity index is 1.70. The average Bonchev–Trinajstić information content (AvgIpc) is 3.18. The van der Waals surface area contributed by atoms with Crippen LogP contribution >= 0.6 is 0 Å². The van der Waals surface area contributed by atoms with Crippen LogP contribution in [0.1, 0.15) is 21.7 Å². The van der Waals surface area contributed by atoms with E-state index in [1.807, 2.05) is 41.8 Å². The smallest absolute Gasteiger partial charge is 0.336 e. The summed E-state index contributed by atoms with van der Waals surface area (Å²) in [6.07, 6.45) is 0. The number of benzene rings is 2. The number of aromatic nitrogens is 4. The Morgan fingerprint density at radius 1 is 0.941 bits per heavy atom. The lowest BCUT2D eigenvalue weighted by Crippen LogP contribution is -2.08. The number of aromatic carboxylic acids is 1. The minimum Gasteiger partial charge on any atom is -0.478 e. The van der Waals surface area contributed by atoms with Crippen LogP contribution in [0.4, 0.5) is 0 Å². The minimum atomic E-state index is -0.962. The van der Waals surface area contributed by atoms with E-state index < -0.39 is 5.97 Å². The monoisotopic (exact) mass is 464 g/mol. The molecule has 0 bridgehead atoms. The van der Waals surface area contributed by atoms with Gasteiger partial charge < -0.3 is 28.6 Å². The van der Waals surface area contributed by atoms with Gasteiger partial charge in [0.05, 0.1) is 5.56 Å². The maximum absolute atomic E-state index is 11.6. The van der Waals surface area contributed by atoms with Gasteiger partial charge in [0.25, 0.3) is 11.8 Å². The second-order valence-corrected chi connectivity index (χ2v) is 7.40. The molecule has 0 spiro atoms. The van der Waals surface area contributed by atoms with Crippen molar-refractivity contribution >= 4 is 17.0 Å². The molecule has 4 aromatic rings. The first kappa shape index (κ1) is 23.1. The van der Waals surface area contributed by atoms with E-state index in [4.69, 9.17) is 18.9 Å². The van der Waals surface area contributed by atoms with Crippen molar-refractivity contribution in [2.24, 2.45) is 0 Å². The number of carboxylic acid groups (broad SMARTS) is 1. The summed E-state index contributed by atoms with van der Waals surface area (Å²) >= 11 is 0. The van der Waals surface area contributed by atoms with Crippen LogP contribution in [-0.2, 0) is 16.0 Å². The van der Waals surface area contributed by atoms with Gasteiger partial charge in [-0.15, -0.1) is 10.2 Å². The van der Waals surface area contributed by atoms with Crippen molar-refractivity contribution in [2.45, 2.75) is 13.5 Å². The predicted octanol–water partition coefficient (Wildman–Crippen LogP) is 3.51. The lowest BCUT2D eigenvalue weighted by molar-refractivity contribution is 0.0435. The Morgan fingerprint density at radius 3 is 2.26 bits per heavy atom. The molecule has 0 aliphatic carbocycles. The SMILES string of the molecule is COCOc1nnc(OCOC)c2c1nc(C)n2Cc1ccc(-c2ccccc2C(=O)O)cc1. The summed E-state index contributed by atoms with van der Waals surface area (Å²) in [5.41, 5.74) is 3.84. The second-order valence-electron chi connectivity index (χ2n) is 7.40. The van der Waals surface area contributed by atoms with Gasteiger partial charge in [0.15, 0.2) is 19.1 Å². The Hall–Kier alpha value is -4.02. The molecule has 2 aromatic carbocycles. The number of hydrogen-bond donors (Lipinski definition) is 1. The molecule has 0 amide bonds. The lowest BCUT2D eigenvalue weighted by atomic mass is 9.99. The summed E-state index contributed by atoms with van der Waals surface area (Å²) < 4.78 is 23.1. The van der Waals surface area contributed by atoms with Gasteiger partial charge in [-0.3, -0.25) is 0 Å². The van der Waals surface area contributed by atoms with Gasteiger partial charge in [0.1, 0.15) is 11.3 Å². The number of hydrogen-bond acceptors (Lipinski definition) is 8. The van der Waals surface area contributed by atoms with Crippen LogP contribution in [0.2, 0.25) is 0 Å². The number of ether oxygens (including phenoxy) is 4. The molecule has 2 heterocycles. The zero-order chi connectivity index (χ0) is 24.1. The number of carbonyl (C=O) groups is 1. The normalized spacial score (nSPS) is 11.0. The number of fused-ring (bicyclic) bond motifs is 1. The molecule has 0 atom stereocenters. The summed E-state index contributed by atoms with van der Waals surface area (Å²) in [6, 6.07) is 14.6. The van der Waals surface area contributed by atoms with E-state index in [0.717, 1.165) is 17.0 Å². The lowest BCUT2D eigenvalue weighted by Gasteiger charge is -2.12. The molecule has 0 unspecified atom stereocenters. The molecule has 0 aliphatic rings. The number of methoxy groups -OCH3 is 2. The topological polar surface area (TPSA) is 118 Å². The molecule has 10 heteroatoms. The molecular weight excluding hydrogens is 440 g/mol. The Bertz CT molecular complexity index is 1300. The maximum atomic E-state index is 11.6. The molecule has 0 saturated heterocycles. The van der Waals surface area contributed by atoms with E-state index in [1.54, 1.807) is 18.2 Å². The predicted molar refractivity (Wildman–Crippen MR) is 123 cm³/mol. The van der Waals surface area contributed by atoms with Crippen molar-refractivity contribution in [1.29, 1.82) is 0 Å². The van der Waals surface area contributed by atoms with E-state index in [2.05, 4.69) is 15.2 Å².